The molecule has 15 heavy (non-hydrogen) atoms. The summed E-state index contributed by atoms with van der Waals surface area (Å²) < 4.78 is 27.8. The molecule has 0 aliphatic carbocycles. The van der Waals surface area contributed by atoms with Crippen LogP contribution in [-0.2, 0) is 9.47 Å². The minimum absolute atomic E-state index is 0.193. The Labute approximate surface area is 92.7 Å². The number of benzene rings is 1. The average molecular weight is 235 g/mol. The minimum Gasteiger partial charge on any atom is -0.487 e. The number of halogens is 2. The van der Waals surface area contributed by atoms with Crippen LogP contribution in [0.15, 0.2) is 18.2 Å². The lowest BCUT2D eigenvalue weighted by molar-refractivity contribution is -0.121. The molecule has 0 amide bonds. The zero-order chi connectivity index (χ0) is 11.3. The molecule has 0 spiro atoms. The zero-order valence-corrected chi connectivity index (χ0v) is 9.25. The van der Waals surface area contributed by atoms with Crippen molar-refractivity contribution in [3.05, 3.63) is 29.0 Å². The van der Waals surface area contributed by atoms with Crippen molar-refractivity contribution in [1.29, 1.82) is 0 Å². The quantitative estimate of drug-likeness (QED) is 0.733. The van der Waals surface area contributed by atoms with E-state index in [0.717, 1.165) is 0 Å². The van der Waals surface area contributed by atoms with Gasteiger partial charge in [-0.25, -0.2) is 4.39 Å². The van der Waals surface area contributed by atoms with E-state index in [4.69, 9.17) is 25.8 Å². The van der Waals surface area contributed by atoms with Crippen molar-refractivity contribution in [2.75, 3.05) is 20.8 Å². The molecular formula is C10H12ClFO3. The van der Waals surface area contributed by atoms with Crippen molar-refractivity contribution in [1.82, 2.24) is 0 Å². The van der Waals surface area contributed by atoms with Gasteiger partial charge in [0.25, 0.3) is 0 Å². The van der Waals surface area contributed by atoms with Crippen LogP contribution >= 0.6 is 11.6 Å². The fourth-order valence-electron chi connectivity index (χ4n) is 0.982. The highest BCUT2D eigenvalue weighted by molar-refractivity contribution is 6.32. The maximum atomic E-state index is 12.7. The molecule has 1 aromatic carbocycles. The highest BCUT2D eigenvalue weighted by Gasteiger charge is 2.08. The van der Waals surface area contributed by atoms with Gasteiger partial charge in [0.1, 0.15) is 18.2 Å². The molecule has 0 aromatic heterocycles. The smallest absolute Gasteiger partial charge is 0.191 e. The van der Waals surface area contributed by atoms with E-state index in [-0.39, 0.29) is 11.6 Å². The van der Waals surface area contributed by atoms with Gasteiger partial charge in [0.05, 0.1) is 5.02 Å². The number of ether oxygens (including phenoxy) is 3. The highest BCUT2D eigenvalue weighted by Crippen LogP contribution is 2.24. The van der Waals surface area contributed by atoms with Gasteiger partial charge in [-0.15, -0.1) is 0 Å². The number of rotatable bonds is 5. The summed E-state index contributed by atoms with van der Waals surface area (Å²) in [4.78, 5) is 0. The topological polar surface area (TPSA) is 27.7 Å². The summed E-state index contributed by atoms with van der Waals surface area (Å²) in [6.07, 6.45) is -0.467. The van der Waals surface area contributed by atoms with Gasteiger partial charge in [0, 0.05) is 14.2 Å². The van der Waals surface area contributed by atoms with E-state index in [1.54, 1.807) is 0 Å². The standard InChI is InChI=1S/C10H12ClFO3/c1-13-10(14-2)6-15-9-4-3-7(12)5-8(9)11/h3-5,10H,6H2,1-2H3. The summed E-state index contributed by atoms with van der Waals surface area (Å²) in [5, 5.41) is 0.223. The summed E-state index contributed by atoms with van der Waals surface area (Å²) in [5.74, 6) is -0.000417. The van der Waals surface area contributed by atoms with E-state index in [0.29, 0.717) is 5.75 Å². The second-order valence-electron chi connectivity index (χ2n) is 2.79. The van der Waals surface area contributed by atoms with E-state index >= 15 is 0 Å². The van der Waals surface area contributed by atoms with Crippen molar-refractivity contribution in [3.63, 3.8) is 0 Å². The second-order valence-corrected chi connectivity index (χ2v) is 3.19. The van der Waals surface area contributed by atoms with Crippen molar-refractivity contribution in [2.24, 2.45) is 0 Å². The second kappa shape index (κ2) is 5.90. The highest BCUT2D eigenvalue weighted by atomic mass is 35.5. The minimum atomic E-state index is -0.467. The van der Waals surface area contributed by atoms with Gasteiger partial charge < -0.3 is 14.2 Å². The van der Waals surface area contributed by atoms with Crippen LogP contribution in [-0.4, -0.2) is 27.1 Å². The van der Waals surface area contributed by atoms with Crippen LogP contribution < -0.4 is 4.74 Å². The summed E-state index contributed by atoms with van der Waals surface area (Å²) in [6.45, 7) is 0.193. The summed E-state index contributed by atoms with van der Waals surface area (Å²) in [5.41, 5.74) is 0. The number of hydrogen-bond acceptors (Lipinski definition) is 3. The first-order chi connectivity index (χ1) is 7.17. The largest absolute Gasteiger partial charge is 0.487 e. The molecule has 3 nitrogen and oxygen atoms in total. The molecule has 0 bridgehead atoms. The maximum Gasteiger partial charge on any atom is 0.191 e. The Balaban J connectivity index is 2.57. The molecule has 0 radical (unpaired) electrons. The summed E-state index contributed by atoms with van der Waals surface area (Å²) >= 11 is 5.75. The molecule has 0 heterocycles. The Morgan fingerprint density at radius 1 is 1.33 bits per heavy atom. The predicted octanol–water partition coefficient (Wildman–Crippen LogP) is 2.48. The third-order valence-corrected chi connectivity index (χ3v) is 2.09. The molecular weight excluding hydrogens is 223 g/mol. The van der Waals surface area contributed by atoms with Crippen molar-refractivity contribution in [2.45, 2.75) is 6.29 Å². The number of hydrogen-bond donors (Lipinski definition) is 0. The number of methoxy groups -OCH3 is 2. The van der Waals surface area contributed by atoms with Crippen LogP contribution in [0.25, 0.3) is 0 Å². The molecule has 0 aliphatic heterocycles. The van der Waals surface area contributed by atoms with Crippen LogP contribution in [0, 0.1) is 5.82 Å². The zero-order valence-electron chi connectivity index (χ0n) is 8.50. The molecule has 0 aliphatic rings. The van der Waals surface area contributed by atoms with E-state index in [9.17, 15) is 4.39 Å². The Morgan fingerprint density at radius 2 is 2.00 bits per heavy atom. The van der Waals surface area contributed by atoms with Crippen LogP contribution in [0.4, 0.5) is 4.39 Å². The fourth-order valence-corrected chi connectivity index (χ4v) is 1.20. The molecule has 1 aromatic rings. The molecule has 0 fully saturated rings. The van der Waals surface area contributed by atoms with E-state index in [1.807, 2.05) is 0 Å². The maximum absolute atomic E-state index is 12.7. The van der Waals surface area contributed by atoms with Crippen LogP contribution in [0.2, 0.25) is 5.02 Å². The normalized spacial score (nSPS) is 10.7. The van der Waals surface area contributed by atoms with E-state index < -0.39 is 12.1 Å². The van der Waals surface area contributed by atoms with Gasteiger partial charge in [-0.2, -0.15) is 0 Å². The third-order valence-electron chi connectivity index (χ3n) is 1.79. The van der Waals surface area contributed by atoms with Crippen LogP contribution in [0.1, 0.15) is 0 Å². The Bertz CT molecular complexity index is 316. The first-order valence-electron chi connectivity index (χ1n) is 4.30. The Kier molecular flexibility index (Phi) is 4.81. The van der Waals surface area contributed by atoms with Gasteiger partial charge in [-0.3, -0.25) is 0 Å². The fraction of sp³-hybridized carbons (Fsp3) is 0.400. The lowest BCUT2D eigenvalue weighted by Gasteiger charge is -2.14. The monoisotopic (exact) mass is 234 g/mol. The van der Waals surface area contributed by atoms with Crippen LogP contribution in [0.3, 0.4) is 0 Å². The molecule has 0 saturated heterocycles. The summed E-state index contributed by atoms with van der Waals surface area (Å²) in [6, 6.07) is 3.92. The predicted molar refractivity (Wildman–Crippen MR) is 54.7 cm³/mol. The van der Waals surface area contributed by atoms with Crippen LogP contribution in [0.5, 0.6) is 5.75 Å². The van der Waals surface area contributed by atoms with E-state index in [2.05, 4.69) is 0 Å². The van der Waals surface area contributed by atoms with Crippen molar-refractivity contribution in [3.8, 4) is 5.75 Å². The molecule has 0 atom stereocenters. The first kappa shape index (κ1) is 12.2. The molecule has 0 unspecified atom stereocenters. The van der Waals surface area contributed by atoms with Gasteiger partial charge in [-0.1, -0.05) is 11.6 Å². The molecule has 0 N–H and O–H groups in total. The lowest BCUT2D eigenvalue weighted by atomic mass is 10.3. The molecule has 1 rings (SSSR count). The van der Waals surface area contributed by atoms with E-state index in [1.165, 1.54) is 32.4 Å². The van der Waals surface area contributed by atoms with Gasteiger partial charge >= 0.3 is 0 Å². The molecule has 5 heteroatoms. The van der Waals surface area contributed by atoms with Gasteiger partial charge in [0.2, 0.25) is 0 Å². The average Bonchev–Trinajstić information content (AvgIpc) is 2.22. The summed E-state index contributed by atoms with van der Waals surface area (Å²) in [7, 11) is 3.01. The van der Waals surface area contributed by atoms with Crippen molar-refractivity contribution >= 4 is 11.6 Å². The Morgan fingerprint density at radius 3 is 2.53 bits per heavy atom. The molecule has 0 saturated carbocycles. The van der Waals surface area contributed by atoms with Crippen molar-refractivity contribution < 1.29 is 18.6 Å². The Hall–Kier alpha value is -0.840. The first-order valence-corrected chi connectivity index (χ1v) is 4.68. The van der Waals surface area contributed by atoms with Gasteiger partial charge in [-0.05, 0) is 18.2 Å². The lowest BCUT2D eigenvalue weighted by Crippen LogP contribution is -2.22. The molecule has 84 valence electrons. The third kappa shape index (κ3) is 3.66. The SMILES string of the molecule is COC(COc1ccc(F)cc1Cl)OC. The van der Waals surface area contributed by atoms with Gasteiger partial charge in [0.15, 0.2) is 6.29 Å².